The number of rotatable bonds is 7. The number of fused-ring (bicyclic) bond motifs is 1. The second-order valence-electron chi connectivity index (χ2n) is 6.06. The number of thioether (sulfide) groups is 1. The van der Waals surface area contributed by atoms with Crippen molar-refractivity contribution in [2.75, 3.05) is 12.4 Å². The van der Waals surface area contributed by atoms with Gasteiger partial charge in [0, 0.05) is 17.9 Å². The molecule has 0 saturated carbocycles. The molecule has 0 bridgehead atoms. The Hall–Kier alpha value is -2.41. The lowest BCUT2D eigenvalue weighted by Gasteiger charge is -2.07. The SMILES string of the molecule is CCCCc1ccc(C(=O)COC(=O)c2cnc3n(c2=O)CCS3)cc1. The molecule has 2 aromatic rings. The number of benzene rings is 1. The Kier molecular flexibility index (Phi) is 5.88. The lowest BCUT2D eigenvalue weighted by Crippen LogP contribution is -2.28. The highest BCUT2D eigenvalue weighted by molar-refractivity contribution is 7.99. The minimum absolute atomic E-state index is 0.140. The summed E-state index contributed by atoms with van der Waals surface area (Å²) >= 11 is 1.47. The number of aromatic nitrogens is 2. The first-order chi connectivity index (χ1) is 12.6. The first-order valence-corrected chi connectivity index (χ1v) is 9.60. The summed E-state index contributed by atoms with van der Waals surface area (Å²) in [6.07, 6.45) is 4.43. The number of carbonyl (C=O) groups excluding carboxylic acids is 2. The van der Waals surface area contributed by atoms with Crippen LogP contribution < -0.4 is 5.56 Å². The van der Waals surface area contributed by atoms with Crippen molar-refractivity contribution >= 4 is 23.5 Å². The van der Waals surface area contributed by atoms with Crippen molar-refractivity contribution in [1.29, 1.82) is 0 Å². The van der Waals surface area contributed by atoms with Crippen molar-refractivity contribution < 1.29 is 14.3 Å². The van der Waals surface area contributed by atoms with Crippen LogP contribution in [0.4, 0.5) is 0 Å². The maximum absolute atomic E-state index is 12.3. The van der Waals surface area contributed by atoms with Crippen LogP contribution >= 0.6 is 11.8 Å². The fourth-order valence-corrected chi connectivity index (χ4v) is 3.60. The van der Waals surface area contributed by atoms with Gasteiger partial charge in [-0.2, -0.15) is 0 Å². The van der Waals surface area contributed by atoms with E-state index in [1.54, 1.807) is 12.1 Å². The molecule has 0 N–H and O–H groups in total. The molecule has 2 heterocycles. The van der Waals surface area contributed by atoms with Crippen molar-refractivity contribution in [2.45, 2.75) is 37.9 Å². The van der Waals surface area contributed by atoms with Gasteiger partial charge in [-0.3, -0.25) is 14.2 Å². The van der Waals surface area contributed by atoms with Crippen LogP contribution in [0.25, 0.3) is 0 Å². The quantitative estimate of drug-likeness (QED) is 0.422. The van der Waals surface area contributed by atoms with Crippen LogP contribution in [0.2, 0.25) is 0 Å². The molecule has 0 spiro atoms. The van der Waals surface area contributed by atoms with Gasteiger partial charge < -0.3 is 4.74 Å². The number of ketones is 1. The molecule has 1 aliphatic rings. The predicted molar refractivity (Wildman–Crippen MR) is 98.9 cm³/mol. The van der Waals surface area contributed by atoms with E-state index in [-0.39, 0.29) is 11.3 Å². The van der Waals surface area contributed by atoms with Gasteiger partial charge in [-0.25, -0.2) is 9.78 Å². The van der Waals surface area contributed by atoms with Crippen molar-refractivity contribution in [2.24, 2.45) is 0 Å². The van der Waals surface area contributed by atoms with E-state index in [9.17, 15) is 14.4 Å². The smallest absolute Gasteiger partial charge is 0.345 e. The van der Waals surface area contributed by atoms with E-state index < -0.39 is 18.1 Å². The topological polar surface area (TPSA) is 78.3 Å². The highest BCUT2D eigenvalue weighted by Crippen LogP contribution is 2.20. The monoisotopic (exact) mass is 372 g/mol. The molecule has 0 atom stereocenters. The molecule has 6 nitrogen and oxygen atoms in total. The highest BCUT2D eigenvalue weighted by Gasteiger charge is 2.21. The summed E-state index contributed by atoms with van der Waals surface area (Å²) in [6, 6.07) is 7.31. The van der Waals surface area contributed by atoms with Gasteiger partial charge in [0.1, 0.15) is 5.56 Å². The van der Waals surface area contributed by atoms with Crippen molar-refractivity contribution in [3.05, 3.63) is 57.5 Å². The molecule has 0 unspecified atom stereocenters. The third-order valence-corrected chi connectivity index (χ3v) is 5.18. The van der Waals surface area contributed by atoms with Gasteiger partial charge in [0.2, 0.25) is 0 Å². The van der Waals surface area contributed by atoms with Gasteiger partial charge in [0.25, 0.3) is 5.56 Å². The number of carbonyl (C=O) groups is 2. The summed E-state index contributed by atoms with van der Waals surface area (Å²) in [5, 5.41) is 0.603. The molecule has 1 aromatic heterocycles. The van der Waals surface area contributed by atoms with E-state index in [0.29, 0.717) is 17.3 Å². The average molecular weight is 372 g/mol. The number of hydrogen-bond acceptors (Lipinski definition) is 6. The number of aryl methyl sites for hydroxylation is 1. The van der Waals surface area contributed by atoms with E-state index in [2.05, 4.69) is 11.9 Å². The summed E-state index contributed by atoms with van der Waals surface area (Å²) < 4.78 is 6.49. The molecule has 1 aliphatic heterocycles. The number of hydrogen-bond donors (Lipinski definition) is 0. The standard InChI is InChI=1S/C19H20N2O4S/c1-2-3-4-13-5-7-14(8-6-13)16(22)12-25-18(24)15-11-20-19-21(17(15)23)9-10-26-19/h5-8,11H,2-4,9-10,12H2,1H3. The molecule has 0 fully saturated rings. The Balaban J connectivity index is 1.61. The van der Waals surface area contributed by atoms with Crippen LogP contribution in [0, 0.1) is 0 Å². The average Bonchev–Trinajstić information content (AvgIpc) is 3.14. The zero-order valence-corrected chi connectivity index (χ0v) is 15.4. The molecule has 0 saturated heterocycles. The van der Waals surface area contributed by atoms with E-state index >= 15 is 0 Å². The minimum atomic E-state index is -0.817. The summed E-state index contributed by atoms with van der Waals surface area (Å²) in [5.74, 6) is -0.360. The third kappa shape index (κ3) is 4.04. The summed E-state index contributed by atoms with van der Waals surface area (Å²) in [5.41, 5.74) is 1.10. The number of unbranched alkanes of at least 4 members (excludes halogenated alkanes) is 1. The van der Waals surface area contributed by atoms with Crippen LogP contribution in [0.15, 0.2) is 40.4 Å². The Bertz CT molecular complexity index is 874. The molecular weight excluding hydrogens is 352 g/mol. The molecule has 1 aromatic carbocycles. The first-order valence-electron chi connectivity index (χ1n) is 8.62. The molecular formula is C19H20N2O4S. The van der Waals surface area contributed by atoms with Crippen LogP contribution in [-0.4, -0.2) is 33.7 Å². The predicted octanol–water partition coefficient (Wildman–Crippen LogP) is 2.73. The summed E-state index contributed by atoms with van der Waals surface area (Å²) in [7, 11) is 0. The highest BCUT2D eigenvalue weighted by atomic mass is 32.2. The lowest BCUT2D eigenvalue weighted by molar-refractivity contribution is 0.0471. The van der Waals surface area contributed by atoms with Crippen LogP contribution in [0.5, 0.6) is 0 Å². The van der Waals surface area contributed by atoms with E-state index in [0.717, 1.165) is 25.0 Å². The molecule has 136 valence electrons. The second kappa shape index (κ2) is 8.31. The van der Waals surface area contributed by atoms with Crippen LogP contribution in [0.1, 0.15) is 46.0 Å². The van der Waals surface area contributed by atoms with Crippen molar-refractivity contribution in [3.63, 3.8) is 0 Å². The van der Waals surface area contributed by atoms with Crippen molar-refractivity contribution in [1.82, 2.24) is 9.55 Å². The molecule has 3 rings (SSSR count). The normalized spacial score (nSPS) is 12.7. The van der Waals surface area contributed by atoms with Gasteiger partial charge in [0.15, 0.2) is 17.5 Å². The molecule has 0 amide bonds. The van der Waals surface area contributed by atoms with Gasteiger partial charge in [-0.15, -0.1) is 0 Å². The fraction of sp³-hybridized carbons (Fsp3) is 0.368. The zero-order chi connectivity index (χ0) is 18.5. The zero-order valence-electron chi connectivity index (χ0n) is 14.6. The maximum atomic E-state index is 12.3. The van der Waals surface area contributed by atoms with Gasteiger partial charge in [-0.05, 0) is 18.4 Å². The first kappa shape index (κ1) is 18.4. The number of Topliss-reactive ketones (excluding diaryl/α,β-unsaturated/α-hetero) is 1. The largest absolute Gasteiger partial charge is 0.454 e. The lowest BCUT2D eigenvalue weighted by atomic mass is 10.0. The van der Waals surface area contributed by atoms with Crippen LogP contribution in [-0.2, 0) is 17.7 Å². The Morgan fingerprint density at radius 1 is 1.27 bits per heavy atom. The number of esters is 1. The third-order valence-electron chi connectivity index (χ3n) is 4.21. The minimum Gasteiger partial charge on any atom is -0.454 e. The second-order valence-corrected chi connectivity index (χ2v) is 7.12. The van der Waals surface area contributed by atoms with Gasteiger partial charge in [-0.1, -0.05) is 49.4 Å². The number of nitrogens with zero attached hydrogens (tertiary/aromatic N) is 2. The van der Waals surface area contributed by atoms with Gasteiger partial charge >= 0.3 is 5.97 Å². The van der Waals surface area contributed by atoms with E-state index in [1.165, 1.54) is 28.1 Å². The van der Waals surface area contributed by atoms with E-state index in [4.69, 9.17) is 4.74 Å². The molecule has 0 aliphatic carbocycles. The fourth-order valence-electron chi connectivity index (χ4n) is 2.69. The molecule has 7 heteroatoms. The number of ether oxygens (including phenoxy) is 1. The van der Waals surface area contributed by atoms with Gasteiger partial charge in [0.05, 0.1) is 6.20 Å². The Labute approximate surface area is 155 Å². The molecule has 0 radical (unpaired) electrons. The van der Waals surface area contributed by atoms with E-state index in [1.807, 2.05) is 12.1 Å². The Morgan fingerprint density at radius 2 is 2.04 bits per heavy atom. The summed E-state index contributed by atoms with van der Waals surface area (Å²) in [6.45, 7) is 2.26. The van der Waals surface area contributed by atoms with Crippen molar-refractivity contribution in [3.8, 4) is 0 Å². The van der Waals surface area contributed by atoms with Crippen LogP contribution in [0.3, 0.4) is 0 Å². The Morgan fingerprint density at radius 3 is 2.77 bits per heavy atom. The maximum Gasteiger partial charge on any atom is 0.345 e. The summed E-state index contributed by atoms with van der Waals surface area (Å²) in [4.78, 5) is 40.7. The molecule has 26 heavy (non-hydrogen) atoms.